The van der Waals surface area contributed by atoms with Gasteiger partial charge in [-0.25, -0.2) is 4.79 Å². The van der Waals surface area contributed by atoms with Gasteiger partial charge < -0.3 is 10.6 Å². The number of carbonyl (C=O) groups excluding carboxylic acids is 3. The van der Waals surface area contributed by atoms with Crippen molar-refractivity contribution in [3.63, 3.8) is 0 Å². The van der Waals surface area contributed by atoms with Gasteiger partial charge in [0.05, 0.1) is 0 Å². The number of urea groups is 1. The molecule has 6 nitrogen and oxygen atoms in total. The first-order valence-corrected chi connectivity index (χ1v) is 8.86. The van der Waals surface area contributed by atoms with E-state index in [-0.39, 0.29) is 12.5 Å². The molecule has 2 N–H and O–H groups in total. The van der Waals surface area contributed by atoms with Crippen LogP contribution >= 0.6 is 27.7 Å². The number of amides is 4. The lowest BCUT2D eigenvalue weighted by Gasteiger charge is -2.13. The molecule has 0 aromatic heterocycles. The summed E-state index contributed by atoms with van der Waals surface area (Å²) in [6.45, 7) is -0.285. The Labute approximate surface area is 141 Å². The highest BCUT2D eigenvalue weighted by Crippen LogP contribution is 2.16. The summed E-state index contributed by atoms with van der Waals surface area (Å²) in [4.78, 5) is 36.9. The summed E-state index contributed by atoms with van der Waals surface area (Å²) in [5, 5.41) is 5.27. The predicted octanol–water partition coefficient (Wildman–Crippen LogP) is 2.06. The molecular formula is C14H16BrN3O3S. The Balaban J connectivity index is 1.93. The molecule has 1 heterocycles. The highest BCUT2D eigenvalue weighted by molar-refractivity contribution is 9.10. The number of carbonyl (C=O) groups is 3. The van der Waals surface area contributed by atoms with Gasteiger partial charge in [0, 0.05) is 10.2 Å². The third kappa shape index (κ3) is 4.23. The van der Waals surface area contributed by atoms with Crippen molar-refractivity contribution in [3.05, 3.63) is 28.7 Å². The van der Waals surface area contributed by atoms with Gasteiger partial charge in [-0.2, -0.15) is 11.8 Å². The molecule has 0 unspecified atom stereocenters. The number of anilines is 1. The monoisotopic (exact) mass is 385 g/mol. The van der Waals surface area contributed by atoms with Crippen LogP contribution in [0.15, 0.2) is 28.7 Å². The van der Waals surface area contributed by atoms with Crippen LogP contribution in [0.1, 0.15) is 6.42 Å². The number of hydrogen-bond acceptors (Lipinski definition) is 4. The topological polar surface area (TPSA) is 78.5 Å². The number of benzene rings is 1. The van der Waals surface area contributed by atoms with E-state index >= 15 is 0 Å². The van der Waals surface area contributed by atoms with Gasteiger partial charge in [0.15, 0.2) is 0 Å². The van der Waals surface area contributed by atoms with Crippen LogP contribution in [-0.4, -0.2) is 47.3 Å². The van der Waals surface area contributed by atoms with Crippen molar-refractivity contribution in [1.82, 2.24) is 10.2 Å². The van der Waals surface area contributed by atoms with Crippen LogP contribution in [0.25, 0.3) is 0 Å². The molecule has 22 heavy (non-hydrogen) atoms. The zero-order valence-corrected chi connectivity index (χ0v) is 14.4. The Morgan fingerprint density at radius 1 is 1.45 bits per heavy atom. The van der Waals surface area contributed by atoms with Crippen molar-refractivity contribution in [1.29, 1.82) is 0 Å². The Kier molecular flexibility index (Phi) is 5.84. The fourth-order valence-electron chi connectivity index (χ4n) is 2.07. The third-order valence-electron chi connectivity index (χ3n) is 3.13. The molecule has 0 radical (unpaired) electrons. The number of imide groups is 1. The predicted molar refractivity (Wildman–Crippen MR) is 89.8 cm³/mol. The SMILES string of the molecule is CSCC[C@@H]1NC(=O)N(CC(=O)Nc2cccc(Br)c2)C1=O. The van der Waals surface area contributed by atoms with E-state index in [1.54, 1.807) is 30.0 Å². The molecule has 1 aromatic rings. The summed E-state index contributed by atoms with van der Waals surface area (Å²) in [5.41, 5.74) is 0.602. The van der Waals surface area contributed by atoms with E-state index in [1.807, 2.05) is 12.3 Å². The molecule has 0 aliphatic carbocycles. The Hall–Kier alpha value is -1.54. The second-order valence-corrected chi connectivity index (χ2v) is 6.67. The fourth-order valence-corrected chi connectivity index (χ4v) is 2.94. The van der Waals surface area contributed by atoms with Crippen molar-refractivity contribution in [3.8, 4) is 0 Å². The highest BCUT2D eigenvalue weighted by atomic mass is 79.9. The summed E-state index contributed by atoms with van der Waals surface area (Å²) < 4.78 is 0.831. The minimum absolute atomic E-state index is 0.285. The van der Waals surface area contributed by atoms with E-state index in [0.29, 0.717) is 12.1 Å². The van der Waals surface area contributed by atoms with Crippen molar-refractivity contribution < 1.29 is 14.4 Å². The molecule has 0 bridgehead atoms. The molecule has 2 rings (SSSR count). The van der Waals surface area contributed by atoms with Gasteiger partial charge in [-0.15, -0.1) is 0 Å². The van der Waals surface area contributed by atoms with Crippen LogP contribution in [0.3, 0.4) is 0 Å². The Bertz CT molecular complexity index is 596. The Morgan fingerprint density at radius 2 is 2.23 bits per heavy atom. The van der Waals surface area contributed by atoms with Crippen molar-refractivity contribution in [2.45, 2.75) is 12.5 Å². The van der Waals surface area contributed by atoms with Crippen LogP contribution in [0.2, 0.25) is 0 Å². The van der Waals surface area contributed by atoms with Crippen LogP contribution in [0.4, 0.5) is 10.5 Å². The zero-order chi connectivity index (χ0) is 16.1. The minimum atomic E-state index is -0.529. The quantitative estimate of drug-likeness (QED) is 0.734. The maximum Gasteiger partial charge on any atom is 0.325 e. The zero-order valence-electron chi connectivity index (χ0n) is 12.0. The smallest absolute Gasteiger partial charge is 0.325 e. The fraction of sp³-hybridized carbons (Fsp3) is 0.357. The lowest BCUT2D eigenvalue weighted by Crippen LogP contribution is -2.38. The van der Waals surface area contributed by atoms with Gasteiger partial charge in [0.2, 0.25) is 5.91 Å². The molecule has 1 aromatic carbocycles. The van der Waals surface area contributed by atoms with E-state index in [2.05, 4.69) is 26.6 Å². The van der Waals surface area contributed by atoms with Gasteiger partial charge in [0.1, 0.15) is 12.6 Å². The summed E-state index contributed by atoms with van der Waals surface area (Å²) >= 11 is 4.91. The molecule has 8 heteroatoms. The lowest BCUT2D eigenvalue weighted by atomic mass is 10.2. The molecule has 0 spiro atoms. The summed E-state index contributed by atoms with van der Waals surface area (Å²) in [6.07, 6.45) is 2.50. The number of nitrogens with one attached hydrogen (secondary N) is 2. The molecule has 4 amide bonds. The van der Waals surface area contributed by atoms with Gasteiger partial charge in [-0.1, -0.05) is 22.0 Å². The van der Waals surface area contributed by atoms with Gasteiger partial charge >= 0.3 is 6.03 Å². The molecule has 1 saturated heterocycles. The maximum atomic E-state index is 12.1. The van der Waals surface area contributed by atoms with E-state index in [0.717, 1.165) is 15.1 Å². The van der Waals surface area contributed by atoms with Crippen LogP contribution in [-0.2, 0) is 9.59 Å². The second kappa shape index (κ2) is 7.64. The van der Waals surface area contributed by atoms with Gasteiger partial charge in [-0.05, 0) is 36.6 Å². The molecule has 1 fully saturated rings. The maximum absolute atomic E-state index is 12.1. The number of rotatable bonds is 6. The van der Waals surface area contributed by atoms with Crippen LogP contribution in [0, 0.1) is 0 Å². The molecule has 1 aliphatic rings. The average Bonchev–Trinajstić information content (AvgIpc) is 2.72. The first-order chi connectivity index (χ1) is 10.5. The van der Waals surface area contributed by atoms with Crippen LogP contribution in [0.5, 0.6) is 0 Å². The molecule has 1 aliphatic heterocycles. The van der Waals surface area contributed by atoms with Gasteiger partial charge in [-0.3, -0.25) is 14.5 Å². The summed E-state index contributed by atoms with van der Waals surface area (Å²) in [6, 6.07) is 6.05. The number of hydrogen-bond donors (Lipinski definition) is 2. The number of halogens is 1. The standard InChI is InChI=1S/C14H16BrN3O3S/c1-22-6-5-11-13(20)18(14(21)17-11)8-12(19)16-10-4-2-3-9(15)7-10/h2-4,7,11H,5-6,8H2,1H3,(H,16,19)(H,17,21)/t11-/m0/s1. The van der Waals surface area contributed by atoms with Crippen LogP contribution < -0.4 is 10.6 Å². The highest BCUT2D eigenvalue weighted by Gasteiger charge is 2.38. The summed E-state index contributed by atoms with van der Waals surface area (Å²) in [7, 11) is 0. The normalized spacial score (nSPS) is 17.5. The average molecular weight is 386 g/mol. The van der Waals surface area contributed by atoms with Crippen molar-refractivity contribution >= 4 is 51.2 Å². The van der Waals surface area contributed by atoms with E-state index < -0.39 is 18.0 Å². The van der Waals surface area contributed by atoms with Crippen molar-refractivity contribution in [2.24, 2.45) is 0 Å². The molecule has 118 valence electrons. The minimum Gasteiger partial charge on any atom is -0.326 e. The van der Waals surface area contributed by atoms with E-state index in [1.165, 1.54) is 0 Å². The summed E-state index contributed by atoms with van der Waals surface area (Å²) in [5.74, 6) is 0.0185. The van der Waals surface area contributed by atoms with Gasteiger partial charge in [0.25, 0.3) is 5.91 Å². The molecule has 0 saturated carbocycles. The second-order valence-electron chi connectivity index (χ2n) is 4.77. The molecule has 1 atom stereocenters. The van der Waals surface area contributed by atoms with E-state index in [4.69, 9.17) is 0 Å². The Morgan fingerprint density at radius 3 is 2.91 bits per heavy atom. The first kappa shape index (κ1) is 16.8. The third-order valence-corrected chi connectivity index (χ3v) is 4.26. The van der Waals surface area contributed by atoms with Crippen molar-refractivity contribution in [2.75, 3.05) is 23.9 Å². The lowest BCUT2D eigenvalue weighted by molar-refractivity contribution is -0.130. The first-order valence-electron chi connectivity index (χ1n) is 6.67. The molecular weight excluding hydrogens is 370 g/mol. The largest absolute Gasteiger partial charge is 0.326 e. The number of nitrogens with zero attached hydrogens (tertiary/aromatic N) is 1. The van der Waals surface area contributed by atoms with E-state index in [9.17, 15) is 14.4 Å². The number of thioether (sulfide) groups is 1.